The quantitative estimate of drug-likeness (QED) is 0.544. The van der Waals surface area contributed by atoms with Gasteiger partial charge in [-0.1, -0.05) is 38.1 Å². The van der Waals surface area contributed by atoms with Crippen molar-refractivity contribution in [3.8, 4) is 0 Å². The summed E-state index contributed by atoms with van der Waals surface area (Å²) in [5.41, 5.74) is 1.43. The maximum atomic E-state index is 2.82. The van der Waals surface area contributed by atoms with Crippen LogP contribution in [-0.4, -0.2) is 29.5 Å². The number of rotatable bonds is 7. The first-order valence-electron chi connectivity index (χ1n) is 5.91. The molecule has 1 atom stereocenters. The molecule has 0 fully saturated rings. The summed E-state index contributed by atoms with van der Waals surface area (Å²) in [5.74, 6) is 2.46. The second kappa shape index (κ2) is 8.11. The Labute approximate surface area is 106 Å². The van der Waals surface area contributed by atoms with E-state index in [1.807, 2.05) is 11.8 Å². The maximum Gasteiger partial charge on any atom is 0.0240 e. The van der Waals surface area contributed by atoms with Gasteiger partial charge in [0.15, 0.2) is 0 Å². The van der Waals surface area contributed by atoms with E-state index < -0.39 is 0 Å². The first-order chi connectivity index (χ1) is 7.77. The number of hydrogen-bond donors (Lipinski definition) is 0. The van der Waals surface area contributed by atoms with Crippen LogP contribution in [0.5, 0.6) is 0 Å². The molecule has 0 bridgehead atoms. The van der Waals surface area contributed by atoms with Gasteiger partial charge in [0, 0.05) is 18.8 Å². The van der Waals surface area contributed by atoms with Crippen LogP contribution in [-0.2, 0) is 6.54 Å². The lowest BCUT2D eigenvalue weighted by Gasteiger charge is -2.21. The van der Waals surface area contributed by atoms with Crippen LogP contribution >= 0.6 is 21.0 Å². The van der Waals surface area contributed by atoms with Crippen LogP contribution in [0.1, 0.15) is 19.4 Å². The van der Waals surface area contributed by atoms with Crippen LogP contribution in [0, 0.1) is 0 Å². The van der Waals surface area contributed by atoms with E-state index in [0.717, 1.165) is 13.1 Å². The van der Waals surface area contributed by atoms with E-state index in [0.29, 0.717) is 0 Å². The van der Waals surface area contributed by atoms with E-state index in [-0.39, 0.29) is 0 Å². The normalized spacial score (nSPS) is 11.0. The van der Waals surface area contributed by atoms with Crippen molar-refractivity contribution in [2.24, 2.45) is 0 Å². The Morgan fingerprint density at radius 2 is 2.00 bits per heavy atom. The highest BCUT2D eigenvalue weighted by Crippen LogP contribution is 2.07. The van der Waals surface area contributed by atoms with Crippen LogP contribution in [0.4, 0.5) is 0 Å². The second-order valence-electron chi connectivity index (χ2n) is 3.76. The Balaban J connectivity index is 2.46. The molecule has 0 radical (unpaired) electrons. The van der Waals surface area contributed by atoms with Gasteiger partial charge in [0.05, 0.1) is 0 Å². The fourth-order valence-electron chi connectivity index (χ4n) is 1.61. The van der Waals surface area contributed by atoms with Crippen molar-refractivity contribution < 1.29 is 0 Å². The average Bonchev–Trinajstić information content (AvgIpc) is 2.30. The largest absolute Gasteiger partial charge is 0.299 e. The molecule has 1 nitrogen and oxygen atoms in total. The van der Waals surface area contributed by atoms with Crippen molar-refractivity contribution in [2.75, 3.05) is 24.6 Å². The zero-order valence-electron chi connectivity index (χ0n) is 10.3. The molecule has 3 heteroatoms. The summed E-state index contributed by atoms with van der Waals surface area (Å²) in [7, 11) is 2.82. The van der Waals surface area contributed by atoms with Gasteiger partial charge in [-0.15, -0.1) is 9.24 Å². The molecule has 0 saturated heterocycles. The van der Waals surface area contributed by atoms with E-state index in [1.165, 1.54) is 28.9 Å². The molecule has 1 unspecified atom stereocenters. The fraction of sp³-hybridized carbons (Fsp3) is 0.538. The lowest BCUT2D eigenvalue weighted by molar-refractivity contribution is 0.299. The third-order valence-corrected chi connectivity index (χ3v) is 4.09. The fourth-order valence-corrected chi connectivity index (χ4v) is 2.58. The molecule has 0 aliphatic carbocycles. The molecule has 16 heavy (non-hydrogen) atoms. The third kappa shape index (κ3) is 4.86. The number of thioether (sulfide) groups is 1. The molecule has 0 aliphatic rings. The SMILES string of the molecule is CCSCCN(CC)Cc1ccccc1P. The molecule has 1 aromatic rings. The average molecular weight is 255 g/mol. The molecule has 0 N–H and O–H groups in total. The van der Waals surface area contributed by atoms with E-state index in [1.54, 1.807) is 0 Å². The Hall–Kier alpha value is -0.0400. The summed E-state index contributed by atoms with van der Waals surface area (Å²) in [6.07, 6.45) is 0. The monoisotopic (exact) mass is 255 g/mol. The lowest BCUT2D eigenvalue weighted by atomic mass is 10.2. The summed E-state index contributed by atoms with van der Waals surface area (Å²) < 4.78 is 0. The van der Waals surface area contributed by atoms with E-state index in [4.69, 9.17) is 0 Å². The Bertz CT molecular complexity index is 304. The number of benzene rings is 1. The highest BCUT2D eigenvalue weighted by atomic mass is 32.2. The maximum absolute atomic E-state index is 2.82. The molecule has 0 spiro atoms. The minimum Gasteiger partial charge on any atom is -0.299 e. The van der Waals surface area contributed by atoms with Gasteiger partial charge in [-0.3, -0.25) is 4.90 Å². The molecule has 0 heterocycles. The van der Waals surface area contributed by atoms with Crippen LogP contribution in [0.3, 0.4) is 0 Å². The van der Waals surface area contributed by atoms with Gasteiger partial charge in [0.1, 0.15) is 0 Å². The minimum absolute atomic E-state index is 1.07. The smallest absolute Gasteiger partial charge is 0.0240 e. The predicted octanol–water partition coefficient (Wildman–Crippen LogP) is 2.76. The Morgan fingerprint density at radius 3 is 2.62 bits per heavy atom. The van der Waals surface area contributed by atoms with Crippen molar-refractivity contribution in [2.45, 2.75) is 20.4 Å². The first kappa shape index (κ1) is 14.0. The zero-order chi connectivity index (χ0) is 11.8. The van der Waals surface area contributed by atoms with Crippen molar-refractivity contribution in [3.05, 3.63) is 29.8 Å². The van der Waals surface area contributed by atoms with Crippen LogP contribution < -0.4 is 5.30 Å². The van der Waals surface area contributed by atoms with E-state index >= 15 is 0 Å². The Kier molecular flexibility index (Phi) is 7.11. The number of hydrogen-bond acceptors (Lipinski definition) is 2. The van der Waals surface area contributed by atoms with Gasteiger partial charge in [0.2, 0.25) is 0 Å². The van der Waals surface area contributed by atoms with Gasteiger partial charge in [-0.05, 0) is 23.2 Å². The highest BCUT2D eigenvalue weighted by Gasteiger charge is 2.04. The number of nitrogens with zero attached hydrogens (tertiary/aromatic N) is 1. The summed E-state index contributed by atoms with van der Waals surface area (Å²) >= 11 is 2.02. The minimum atomic E-state index is 1.07. The summed E-state index contributed by atoms with van der Waals surface area (Å²) in [5, 5.41) is 1.32. The predicted molar refractivity (Wildman–Crippen MR) is 79.7 cm³/mol. The van der Waals surface area contributed by atoms with Gasteiger partial charge in [0.25, 0.3) is 0 Å². The molecular weight excluding hydrogens is 233 g/mol. The van der Waals surface area contributed by atoms with Crippen LogP contribution in [0.25, 0.3) is 0 Å². The van der Waals surface area contributed by atoms with Gasteiger partial charge < -0.3 is 0 Å². The molecule has 0 saturated carbocycles. The molecule has 1 rings (SSSR count). The van der Waals surface area contributed by atoms with Crippen LogP contribution in [0.2, 0.25) is 0 Å². The molecule has 90 valence electrons. The molecule has 0 aliphatic heterocycles. The standard InChI is InChI=1S/C13H22NPS/c1-3-14(9-10-16-4-2)11-12-7-5-6-8-13(12)15/h5-8H,3-4,9-11,15H2,1-2H3. The summed E-state index contributed by atoms with van der Waals surface area (Å²) in [6, 6.07) is 8.60. The molecular formula is C13H22NPS. The second-order valence-corrected chi connectivity index (χ2v) is 5.78. The van der Waals surface area contributed by atoms with Gasteiger partial charge >= 0.3 is 0 Å². The summed E-state index contributed by atoms with van der Waals surface area (Å²) in [6.45, 7) is 7.85. The van der Waals surface area contributed by atoms with Crippen molar-refractivity contribution in [1.29, 1.82) is 0 Å². The van der Waals surface area contributed by atoms with E-state index in [2.05, 4.69) is 52.3 Å². The third-order valence-electron chi connectivity index (χ3n) is 2.65. The highest BCUT2D eigenvalue weighted by molar-refractivity contribution is 7.99. The van der Waals surface area contributed by atoms with Crippen LogP contribution in [0.15, 0.2) is 24.3 Å². The van der Waals surface area contributed by atoms with Crippen molar-refractivity contribution in [3.63, 3.8) is 0 Å². The van der Waals surface area contributed by atoms with Crippen molar-refractivity contribution >= 4 is 26.3 Å². The van der Waals surface area contributed by atoms with Crippen molar-refractivity contribution in [1.82, 2.24) is 4.90 Å². The van der Waals surface area contributed by atoms with Gasteiger partial charge in [-0.2, -0.15) is 11.8 Å². The lowest BCUT2D eigenvalue weighted by Crippen LogP contribution is -2.27. The topological polar surface area (TPSA) is 3.24 Å². The van der Waals surface area contributed by atoms with E-state index in [9.17, 15) is 0 Å². The zero-order valence-corrected chi connectivity index (χ0v) is 12.2. The molecule has 1 aromatic carbocycles. The molecule has 0 amide bonds. The molecule has 0 aromatic heterocycles. The van der Waals surface area contributed by atoms with Gasteiger partial charge in [-0.25, -0.2) is 0 Å². The first-order valence-corrected chi connectivity index (χ1v) is 7.64. The Morgan fingerprint density at radius 1 is 1.25 bits per heavy atom. The summed E-state index contributed by atoms with van der Waals surface area (Å²) in [4.78, 5) is 2.51.